The molecule has 0 aliphatic heterocycles. The lowest BCUT2D eigenvalue weighted by molar-refractivity contribution is -0.140. The first kappa shape index (κ1) is 15.8. The molecular weight excluding hydrogens is 248 g/mol. The fraction of sp³-hybridized carbons (Fsp3) is 0.846. The monoisotopic (exact) mass is 272 g/mol. The van der Waals surface area contributed by atoms with Gasteiger partial charge < -0.3 is 20.4 Å². The Morgan fingerprint density at radius 2 is 1.89 bits per heavy atom. The van der Waals surface area contributed by atoms with E-state index in [4.69, 9.17) is 10.2 Å². The number of carbonyl (C=O) groups excluding carboxylic acids is 1. The first-order valence-electron chi connectivity index (χ1n) is 6.88. The van der Waals surface area contributed by atoms with E-state index in [1.54, 1.807) is 18.7 Å². The molecule has 0 heterocycles. The van der Waals surface area contributed by atoms with E-state index in [-0.39, 0.29) is 31.1 Å². The molecule has 2 amide bonds. The van der Waals surface area contributed by atoms with Crippen LogP contribution in [0, 0.1) is 5.92 Å². The number of nitrogens with zero attached hydrogens (tertiary/aromatic N) is 1. The van der Waals surface area contributed by atoms with Crippen LogP contribution in [0.5, 0.6) is 0 Å². The van der Waals surface area contributed by atoms with E-state index < -0.39 is 12.0 Å². The van der Waals surface area contributed by atoms with Crippen LogP contribution in [-0.4, -0.2) is 52.3 Å². The molecule has 0 unspecified atom stereocenters. The number of carbonyl (C=O) groups is 2. The first-order valence-corrected chi connectivity index (χ1v) is 6.88. The van der Waals surface area contributed by atoms with Crippen molar-refractivity contribution in [2.24, 2.45) is 5.92 Å². The highest BCUT2D eigenvalue weighted by Gasteiger charge is 2.30. The first-order chi connectivity index (χ1) is 8.97. The number of aliphatic hydroxyl groups excluding tert-OH is 1. The number of hydrogen-bond acceptors (Lipinski definition) is 3. The molecule has 1 rings (SSSR count). The summed E-state index contributed by atoms with van der Waals surface area (Å²) in [4.78, 5) is 24.9. The number of nitrogens with one attached hydrogen (secondary N) is 1. The number of carboxylic acid groups (broad SMARTS) is 1. The highest BCUT2D eigenvalue weighted by molar-refractivity contribution is 5.83. The molecule has 3 N–H and O–H groups in total. The second-order valence-electron chi connectivity index (χ2n) is 5.36. The van der Waals surface area contributed by atoms with Crippen LogP contribution < -0.4 is 5.32 Å². The van der Waals surface area contributed by atoms with Gasteiger partial charge in [-0.3, -0.25) is 0 Å². The lowest BCUT2D eigenvalue weighted by Crippen LogP contribution is -2.53. The van der Waals surface area contributed by atoms with Crippen molar-refractivity contribution in [3.05, 3.63) is 0 Å². The van der Waals surface area contributed by atoms with Crippen molar-refractivity contribution in [1.82, 2.24) is 10.2 Å². The SMILES string of the molecule is CC(C)[C@@H](NC(=O)N(CCO)C1CCCC1)C(=O)O. The normalized spacial score (nSPS) is 17.5. The summed E-state index contributed by atoms with van der Waals surface area (Å²) in [7, 11) is 0. The predicted molar refractivity (Wildman–Crippen MR) is 70.8 cm³/mol. The molecule has 1 saturated carbocycles. The fourth-order valence-corrected chi connectivity index (χ4v) is 2.50. The predicted octanol–water partition coefficient (Wildman–Crippen LogP) is 1.04. The Bertz CT molecular complexity index is 314. The van der Waals surface area contributed by atoms with Gasteiger partial charge in [-0.05, 0) is 18.8 Å². The Kier molecular flexibility index (Phi) is 6.08. The molecule has 1 aliphatic carbocycles. The third-order valence-corrected chi connectivity index (χ3v) is 3.58. The summed E-state index contributed by atoms with van der Waals surface area (Å²) in [6, 6.07) is -1.16. The van der Waals surface area contributed by atoms with Gasteiger partial charge in [-0.15, -0.1) is 0 Å². The quantitative estimate of drug-likeness (QED) is 0.674. The second kappa shape index (κ2) is 7.33. The van der Waals surface area contributed by atoms with E-state index in [1.807, 2.05) is 0 Å². The maximum Gasteiger partial charge on any atom is 0.326 e. The number of rotatable bonds is 6. The third kappa shape index (κ3) is 4.38. The molecule has 0 bridgehead atoms. The molecule has 110 valence electrons. The van der Waals surface area contributed by atoms with E-state index in [0.717, 1.165) is 25.7 Å². The van der Waals surface area contributed by atoms with Gasteiger partial charge in [0.25, 0.3) is 0 Å². The highest BCUT2D eigenvalue weighted by Crippen LogP contribution is 2.23. The molecule has 1 fully saturated rings. The number of aliphatic carboxylic acids is 1. The third-order valence-electron chi connectivity index (χ3n) is 3.58. The summed E-state index contributed by atoms with van der Waals surface area (Å²) in [5, 5.41) is 20.7. The maximum atomic E-state index is 12.2. The minimum absolute atomic E-state index is 0.108. The molecule has 0 radical (unpaired) electrons. The van der Waals surface area contributed by atoms with Crippen LogP contribution in [0.15, 0.2) is 0 Å². The minimum Gasteiger partial charge on any atom is -0.480 e. The van der Waals surface area contributed by atoms with Gasteiger partial charge in [0.1, 0.15) is 6.04 Å². The second-order valence-corrected chi connectivity index (χ2v) is 5.36. The molecule has 1 atom stereocenters. The van der Waals surface area contributed by atoms with Gasteiger partial charge in [0.05, 0.1) is 6.61 Å². The lowest BCUT2D eigenvalue weighted by atomic mass is 10.1. The fourth-order valence-electron chi connectivity index (χ4n) is 2.50. The highest BCUT2D eigenvalue weighted by atomic mass is 16.4. The van der Waals surface area contributed by atoms with E-state index in [0.29, 0.717) is 0 Å². The van der Waals surface area contributed by atoms with Crippen LogP contribution in [0.4, 0.5) is 4.79 Å². The Morgan fingerprint density at radius 1 is 1.32 bits per heavy atom. The molecule has 0 saturated heterocycles. The number of urea groups is 1. The van der Waals surface area contributed by atoms with Crippen molar-refractivity contribution in [3.63, 3.8) is 0 Å². The zero-order valence-electron chi connectivity index (χ0n) is 11.6. The van der Waals surface area contributed by atoms with Crippen molar-refractivity contribution in [2.45, 2.75) is 51.6 Å². The summed E-state index contributed by atoms with van der Waals surface area (Å²) < 4.78 is 0. The van der Waals surface area contributed by atoms with Crippen molar-refractivity contribution in [2.75, 3.05) is 13.2 Å². The molecule has 1 aliphatic rings. The standard InChI is InChI=1S/C13H24N2O4/c1-9(2)11(12(17)18)14-13(19)15(7-8-16)10-5-3-4-6-10/h9-11,16H,3-8H2,1-2H3,(H,14,19)(H,17,18)/t11-/m1/s1. The zero-order valence-corrected chi connectivity index (χ0v) is 11.6. The van der Waals surface area contributed by atoms with Gasteiger partial charge in [0, 0.05) is 12.6 Å². The van der Waals surface area contributed by atoms with E-state index in [2.05, 4.69) is 5.32 Å². The molecule has 0 aromatic carbocycles. The molecule has 6 heteroatoms. The van der Waals surface area contributed by atoms with Crippen LogP contribution in [-0.2, 0) is 4.79 Å². The molecule has 6 nitrogen and oxygen atoms in total. The minimum atomic E-state index is -1.03. The lowest BCUT2D eigenvalue weighted by Gasteiger charge is -2.30. The van der Waals surface area contributed by atoms with Crippen LogP contribution in [0.1, 0.15) is 39.5 Å². The molecule has 19 heavy (non-hydrogen) atoms. The van der Waals surface area contributed by atoms with Gasteiger partial charge >= 0.3 is 12.0 Å². The van der Waals surface area contributed by atoms with Gasteiger partial charge in [-0.2, -0.15) is 0 Å². The summed E-state index contributed by atoms with van der Waals surface area (Å²) in [6.45, 7) is 3.65. The average Bonchev–Trinajstić information content (AvgIpc) is 2.85. The van der Waals surface area contributed by atoms with Crippen molar-refractivity contribution in [3.8, 4) is 0 Å². The van der Waals surface area contributed by atoms with Crippen LogP contribution in [0.25, 0.3) is 0 Å². The smallest absolute Gasteiger partial charge is 0.326 e. The largest absolute Gasteiger partial charge is 0.480 e. The summed E-state index contributed by atoms with van der Waals surface area (Å²) in [5.74, 6) is -1.21. The van der Waals surface area contributed by atoms with E-state index in [1.165, 1.54) is 0 Å². The van der Waals surface area contributed by atoms with Crippen LogP contribution in [0.3, 0.4) is 0 Å². The molecule has 0 aromatic heterocycles. The molecule has 0 aromatic rings. The summed E-state index contributed by atoms with van der Waals surface area (Å²) >= 11 is 0. The van der Waals surface area contributed by atoms with E-state index in [9.17, 15) is 9.59 Å². The van der Waals surface area contributed by atoms with Crippen LogP contribution in [0.2, 0.25) is 0 Å². The topological polar surface area (TPSA) is 89.9 Å². The van der Waals surface area contributed by atoms with E-state index >= 15 is 0 Å². The summed E-state index contributed by atoms with van der Waals surface area (Å²) in [6.07, 6.45) is 4.00. The van der Waals surface area contributed by atoms with Gasteiger partial charge in [0.15, 0.2) is 0 Å². The Morgan fingerprint density at radius 3 is 2.32 bits per heavy atom. The number of carboxylic acids is 1. The van der Waals surface area contributed by atoms with Crippen molar-refractivity contribution < 1.29 is 19.8 Å². The van der Waals surface area contributed by atoms with Crippen molar-refractivity contribution in [1.29, 1.82) is 0 Å². The van der Waals surface area contributed by atoms with Crippen molar-refractivity contribution >= 4 is 12.0 Å². The number of hydrogen-bond donors (Lipinski definition) is 3. The van der Waals surface area contributed by atoms with Gasteiger partial charge in [-0.1, -0.05) is 26.7 Å². The Hall–Kier alpha value is -1.30. The summed E-state index contributed by atoms with van der Waals surface area (Å²) in [5.41, 5.74) is 0. The maximum absolute atomic E-state index is 12.2. The number of amides is 2. The van der Waals surface area contributed by atoms with Gasteiger partial charge in [0.2, 0.25) is 0 Å². The molecular formula is C13H24N2O4. The molecule has 0 spiro atoms. The Labute approximate surface area is 113 Å². The Balaban J connectivity index is 2.67. The zero-order chi connectivity index (χ0) is 14.4. The van der Waals surface area contributed by atoms with Crippen LogP contribution >= 0.6 is 0 Å². The average molecular weight is 272 g/mol. The van der Waals surface area contributed by atoms with Gasteiger partial charge in [-0.25, -0.2) is 9.59 Å². The number of aliphatic hydroxyl groups is 1.